The fraction of sp³-hybridized carbons (Fsp3) is 0. The second-order valence-corrected chi connectivity index (χ2v) is 1.02. The largest absolute Gasteiger partial charge is 3.00 e. The van der Waals surface area contributed by atoms with Crippen molar-refractivity contribution in [2.24, 2.45) is 0 Å². The van der Waals surface area contributed by atoms with Crippen LogP contribution in [0.4, 0.5) is 14.4 Å². The SMILES string of the molecule is O=C([O-])OO.O=C([O-])OO.O=C([O-])OO.[Tb+3]. The van der Waals surface area contributed by atoms with Crippen LogP contribution in [0.1, 0.15) is 0 Å². The Hall–Kier alpha value is -1.02. The Kier molecular flexibility index (Phi) is 29.6. The van der Waals surface area contributed by atoms with Gasteiger partial charge < -0.3 is 44.4 Å². The van der Waals surface area contributed by atoms with E-state index >= 15 is 0 Å². The summed E-state index contributed by atoms with van der Waals surface area (Å²) >= 11 is 0. The summed E-state index contributed by atoms with van der Waals surface area (Å²) in [6, 6.07) is 0. The third-order valence-electron chi connectivity index (χ3n) is 0.224. The van der Waals surface area contributed by atoms with Gasteiger partial charge in [0.1, 0.15) is 0 Å². The molecule has 0 radical (unpaired) electrons. The molecular weight excluding hydrogens is 387 g/mol. The van der Waals surface area contributed by atoms with Crippen LogP contribution in [0.5, 0.6) is 0 Å². The number of hydrogen-bond acceptors (Lipinski definition) is 12. The molecule has 96 valence electrons. The van der Waals surface area contributed by atoms with Gasteiger partial charge in [-0.1, -0.05) is 0 Å². The van der Waals surface area contributed by atoms with Crippen LogP contribution in [0.15, 0.2) is 0 Å². The van der Waals surface area contributed by atoms with Crippen LogP contribution in [-0.2, 0) is 14.7 Å². The minimum absolute atomic E-state index is 0. The molecule has 0 aromatic heterocycles. The number of carbonyl (C=O) groups excluding carboxylic acids is 3. The van der Waals surface area contributed by atoms with E-state index in [2.05, 4.69) is 14.7 Å². The number of rotatable bonds is 0. The van der Waals surface area contributed by atoms with Crippen LogP contribution in [-0.4, -0.2) is 34.2 Å². The molecule has 0 spiro atoms. The number of carbonyl (C=O) groups is 3. The van der Waals surface area contributed by atoms with Gasteiger partial charge in [0.05, 0.1) is 0 Å². The maximum Gasteiger partial charge on any atom is 3.00 e. The van der Waals surface area contributed by atoms with Crippen molar-refractivity contribution in [3.63, 3.8) is 0 Å². The number of carboxylic acid groups (broad SMARTS) is 3. The minimum Gasteiger partial charge on any atom is -0.424 e. The molecule has 0 rings (SSSR count). The molecule has 0 aromatic rings. The summed E-state index contributed by atoms with van der Waals surface area (Å²) in [7, 11) is 0. The first-order valence-corrected chi connectivity index (χ1v) is 2.38. The van der Waals surface area contributed by atoms with E-state index in [9.17, 15) is 0 Å². The van der Waals surface area contributed by atoms with E-state index in [-0.39, 0.29) is 38.6 Å². The Bertz CT molecular complexity index is 155. The van der Waals surface area contributed by atoms with Gasteiger partial charge in [0.25, 0.3) is 18.5 Å². The average Bonchev–Trinajstić information content (AvgIpc) is 2.19. The Labute approximate surface area is 117 Å². The molecule has 0 amide bonds. The topological polar surface area (TPSA) is 209 Å². The van der Waals surface area contributed by atoms with Crippen molar-refractivity contribution in [3.8, 4) is 0 Å². The first-order valence-electron chi connectivity index (χ1n) is 2.38. The van der Waals surface area contributed by atoms with Crippen LogP contribution in [0.25, 0.3) is 0 Å². The average molecular weight is 390 g/mol. The smallest absolute Gasteiger partial charge is 0.424 e. The summed E-state index contributed by atoms with van der Waals surface area (Å²) in [4.78, 5) is 34.0. The summed E-state index contributed by atoms with van der Waals surface area (Å²) in [5.41, 5.74) is 0. The van der Waals surface area contributed by atoms with Gasteiger partial charge in [0.15, 0.2) is 0 Å². The zero-order valence-electron chi connectivity index (χ0n) is 6.85. The Morgan fingerprint density at radius 3 is 0.750 bits per heavy atom. The predicted molar refractivity (Wildman–Crippen MR) is 27.3 cm³/mol. The summed E-state index contributed by atoms with van der Waals surface area (Å²) < 4.78 is 0. The van der Waals surface area contributed by atoms with Crippen molar-refractivity contribution in [1.29, 1.82) is 0 Å². The molecule has 0 aliphatic heterocycles. The van der Waals surface area contributed by atoms with Gasteiger partial charge in [-0.3, -0.25) is 15.8 Å². The number of hydrogen-bond donors (Lipinski definition) is 3. The van der Waals surface area contributed by atoms with Crippen LogP contribution in [0, 0.1) is 38.6 Å². The van der Waals surface area contributed by atoms with E-state index in [4.69, 9.17) is 45.5 Å². The van der Waals surface area contributed by atoms with E-state index in [1.165, 1.54) is 0 Å². The van der Waals surface area contributed by atoms with Gasteiger partial charge >= 0.3 is 38.6 Å². The molecule has 0 aromatic carbocycles. The van der Waals surface area contributed by atoms with Crippen molar-refractivity contribution in [3.05, 3.63) is 0 Å². The first kappa shape index (κ1) is 24.3. The molecule has 0 unspecified atom stereocenters. The first-order chi connectivity index (χ1) is 6.81. The molecule has 12 nitrogen and oxygen atoms in total. The monoisotopic (exact) mass is 390 g/mol. The third kappa shape index (κ3) is 75.2. The second kappa shape index (κ2) is 19.5. The molecular formula is C3H3O12Tb. The molecule has 0 saturated carbocycles. The Morgan fingerprint density at radius 2 is 0.750 bits per heavy atom. The van der Waals surface area contributed by atoms with Gasteiger partial charge in [-0.15, -0.1) is 0 Å². The van der Waals surface area contributed by atoms with Gasteiger partial charge in [-0.05, 0) is 0 Å². The maximum absolute atomic E-state index is 8.78. The molecule has 0 fully saturated rings. The van der Waals surface area contributed by atoms with Crippen LogP contribution < -0.4 is 15.3 Å². The van der Waals surface area contributed by atoms with E-state index in [0.29, 0.717) is 0 Å². The Balaban J connectivity index is -0.0000000655. The van der Waals surface area contributed by atoms with Crippen LogP contribution in [0.3, 0.4) is 0 Å². The van der Waals surface area contributed by atoms with Crippen molar-refractivity contribution in [1.82, 2.24) is 0 Å². The van der Waals surface area contributed by atoms with Crippen molar-refractivity contribution in [2.45, 2.75) is 0 Å². The summed E-state index contributed by atoms with van der Waals surface area (Å²) in [6.07, 6.45) is -5.82. The Morgan fingerprint density at radius 1 is 0.688 bits per heavy atom. The summed E-state index contributed by atoms with van der Waals surface area (Å²) in [5, 5.41) is 47.3. The van der Waals surface area contributed by atoms with E-state index in [1.807, 2.05) is 0 Å². The van der Waals surface area contributed by atoms with Crippen molar-refractivity contribution < 1.29 is 98.7 Å². The van der Waals surface area contributed by atoms with E-state index < -0.39 is 18.5 Å². The molecule has 0 heterocycles. The van der Waals surface area contributed by atoms with Gasteiger partial charge in [-0.25, -0.2) is 0 Å². The van der Waals surface area contributed by atoms with Crippen LogP contribution in [0.2, 0.25) is 0 Å². The molecule has 16 heavy (non-hydrogen) atoms. The molecule has 3 N–H and O–H groups in total. The zero-order chi connectivity index (χ0) is 12.9. The standard InChI is InChI=1S/3CH2O4.Tb/c3*2-1(3)5-4;/h3*4H,(H,2,3);/q;;;+3/p-3. The molecule has 0 saturated heterocycles. The van der Waals surface area contributed by atoms with Crippen molar-refractivity contribution in [2.75, 3.05) is 0 Å². The molecule has 0 bridgehead atoms. The van der Waals surface area contributed by atoms with Gasteiger partial charge in [0.2, 0.25) is 0 Å². The van der Waals surface area contributed by atoms with E-state index in [1.54, 1.807) is 0 Å². The van der Waals surface area contributed by atoms with Crippen molar-refractivity contribution >= 4 is 18.5 Å². The normalized spacial score (nSPS) is 6.19. The van der Waals surface area contributed by atoms with Gasteiger partial charge in [0, 0.05) is 0 Å². The third-order valence-corrected chi connectivity index (χ3v) is 0.224. The molecule has 13 heteroatoms. The van der Waals surface area contributed by atoms with Gasteiger partial charge in [-0.2, -0.15) is 0 Å². The molecule has 0 atom stereocenters. The molecule has 0 aliphatic rings. The van der Waals surface area contributed by atoms with Crippen LogP contribution >= 0.6 is 0 Å². The maximum atomic E-state index is 8.78. The fourth-order valence-corrected chi connectivity index (χ4v) is 0. The summed E-state index contributed by atoms with van der Waals surface area (Å²) in [5.74, 6) is 0. The summed E-state index contributed by atoms with van der Waals surface area (Å²) in [6.45, 7) is 0. The molecule has 0 aliphatic carbocycles. The minimum atomic E-state index is -1.94. The van der Waals surface area contributed by atoms with E-state index in [0.717, 1.165) is 0 Å². The quantitative estimate of drug-likeness (QED) is 0.209. The fourth-order valence-electron chi connectivity index (χ4n) is 0. The second-order valence-electron chi connectivity index (χ2n) is 1.02. The predicted octanol–water partition coefficient (Wildman–Crippen LogP) is -3.54. The zero-order valence-corrected chi connectivity index (χ0v) is 8.99.